The average molecular weight is 526 g/mol. The highest BCUT2D eigenvalue weighted by molar-refractivity contribution is 6.33. The highest BCUT2D eigenvalue weighted by atomic mass is 35.5. The molecule has 5 nitrogen and oxygen atoms in total. The fourth-order valence-electron chi connectivity index (χ4n) is 5.70. The Labute approximate surface area is 224 Å². The molecule has 1 N–H and O–H groups in total. The maximum absolute atomic E-state index is 13.0. The largest absolute Gasteiger partial charge is 0.377 e. The Bertz CT molecular complexity index is 1150. The second-order valence-corrected chi connectivity index (χ2v) is 11.5. The van der Waals surface area contributed by atoms with Gasteiger partial charge in [0.15, 0.2) is 0 Å². The lowest BCUT2D eigenvalue weighted by Gasteiger charge is -2.35. The summed E-state index contributed by atoms with van der Waals surface area (Å²) >= 11 is 12.9. The molecule has 0 bridgehead atoms. The zero-order valence-corrected chi connectivity index (χ0v) is 22.4. The van der Waals surface area contributed by atoms with Crippen LogP contribution in [0.15, 0.2) is 36.4 Å². The predicted molar refractivity (Wildman–Crippen MR) is 147 cm³/mol. The van der Waals surface area contributed by atoms with Gasteiger partial charge in [0.2, 0.25) is 5.91 Å². The van der Waals surface area contributed by atoms with Crippen molar-refractivity contribution in [2.24, 2.45) is 17.8 Å². The van der Waals surface area contributed by atoms with Gasteiger partial charge in [0.1, 0.15) is 0 Å². The van der Waals surface area contributed by atoms with E-state index in [0.29, 0.717) is 6.54 Å². The van der Waals surface area contributed by atoms with Crippen LogP contribution >= 0.6 is 23.2 Å². The Kier molecular flexibility index (Phi) is 7.65. The Hall–Kier alpha value is -2.42. The molecule has 2 heterocycles. The van der Waals surface area contributed by atoms with E-state index in [2.05, 4.69) is 41.4 Å². The third kappa shape index (κ3) is 5.76. The number of hydrogen-bond acceptors (Lipinski definition) is 4. The summed E-state index contributed by atoms with van der Waals surface area (Å²) in [4.78, 5) is 17.2. The minimum absolute atomic E-state index is 0.00516. The molecule has 2 aromatic rings. The van der Waals surface area contributed by atoms with Crippen LogP contribution in [0.3, 0.4) is 0 Å². The van der Waals surface area contributed by atoms with Crippen LogP contribution in [0.2, 0.25) is 10.0 Å². The number of carbonyl (C=O) groups is 1. The first-order valence-electron chi connectivity index (χ1n) is 13.2. The summed E-state index contributed by atoms with van der Waals surface area (Å²) in [5.74, 6) is 1.04. The van der Waals surface area contributed by atoms with Gasteiger partial charge in [-0.2, -0.15) is 5.26 Å². The zero-order chi connectivity index (χ0) is 25.2. The van der Waals surface area contributed by atoms with Gasteiger partial charge >= 0.3 is 0 Å². The van der Waals surface area contributed by atoms with Gasteiger partial charge in [-0.3, -0.25) is 4.79 Å². The van der Waals surface area contributed by atoms with E-state index in [-0.39, 0.29) is 23.8 Å². The number of hydrogen-bond donors (Lipinski definition) is 1. The molecule has 0 radical (unpaired) electrons. The van der Waals surface area contributed by atoms with Crippen LogP contribution in [0, 0.1) is 36.0 Å². The smallest absolute Gasteiger partial charge is 0.225 e. The van der Waals surface area contributed by atoms with Crippen LogP contribution in [-0.2, 0) is 4.79 Å². The quantitative estimate of drug-likeness (QED) is 0.430. The molecule has 36 heavy (non-hydrogen) atoms. The molecule has 3 aliphatic rings. The number of aryl methyl sites for hydroxylation is 1. The van der Waals surface area contributed by atoms with E-state index in [1.807, 2.05) is 23.1 Å². The minimum Gasteiger partial charge on any atom is -0.377 e. The average Bonchev–Trinajstić information content (AvgIpc) is 3.57. The minimum atomic E-state index is -0.00516. The van der Waals surface area contributed by atoms with Crippen molar-refractivity contribution in [3.8, 4) is 6.07 Å². The third-order valence-electron chi connectivity index (χ3n) is 8.04. The molecule has 2 saturated heterocycles. The number of nitrogens with one attached hydrogen (secondary N) is 1. The normalized spacial score (nSPS) is 21.3. The van der Waals surface area contributed by atoms with E-state index in [1.54, 1.807) is 0 Å². The summed E-state index contributed by atoms with van der Waals surface area (Å²) in [5.41, 5.74) is 4.55. The van der Waals surface area contributed by atoms with Crippen molar-refractivity contribution < 1.29 is 4.79 Å². The van der Waals surface area contributed by atoms with Gasteiger partial charge in [0.05, 0.1) is 28.7 Å². The molecule has 5 rings (SSSR count). The van der Waals surface area contributed by atoms with Gasteiger partial charge in [-0.25, -0.2) is 0 Å². The summed E-state index contributed by atoms with van der Waals surface area (Å²) in [7, 11) is 0. The predicted octanol–water partition coefficient (Wildman–Crippen LogP) is 6.84. The highest BCUT2D eigenvalue weighted by Crippen LogP contribution is 2.41. The summed E-state index contributed by atoms with van der Waals surface area (Å²) in [6, 6.07) is 14.8. The number of nitriles is 1. The van der Waals surface area contributed by atoms with Crippen molar-refractivity contribution in [3.05, 3.63) is 57.6 Å². The van der Waals surface area contributed by atoms with Gasteiger partial charge in [-0.1, -0.05) is 42.1 Å². The van der Waals surface area contributed by atoms with Crippen LogP contribution < -0.4 is 10.2 Å². The summed E-state index contributed by atoms with van der Waals surface area (Å²) in [5, 5.41) is 14.4. The van der Waals surface area contributed by atoms with Crippen molar-refractivity contribution in [2.45, 2.75) is 51.5 Å². The molecule has 2 atom stereocenters. The van der Waals surface area contributed by atoms with E-state index in [9.17, 15) is 4.79 Å². The molecule has 1 saturated carbocycles. The Morgan fingerprint density at radius 3 is 2.53 bits per heavy atom. The molecule has 0 aromatic heterocycles. The molecular formula is C29H34Cl2N4O. The van der Waals surface area contributed by atoms with E-state index in [1.165, 1.54) is 24.0 Å². The molecule has 3 fully saturated rings. The zero-order valence-electron chi connectivity index (χ0n) is 20.9. The fraction of sp³-hybridized carbons (Fsp3) is 0.517. The molecule has 1 aliphatic carbocycles. The van der Waals surface area contributed by atoms with E-state index in [4.69, 9.17) is 28.5 Å². The van der Waals surface area contributed by atoms with Gasteiger partial charge in [-0.05, 0) is 80.0 Å². The molecule has 2 aromatic carbocycles. The van der Waals surface area contributed by atoms with Gasteiger partial charge in [0, 0.05) is 42.8 Å². The summed E-state index contributed by atoms with van der Waals surface area (Å²) in [6.07, 6.45) is 6.15. The van der Waals surface area contributed by atoms with E-state index < -0.39 is 0 Å². The molecule has 2 unspecified atom stereocenters. The van der Waals surface area contributed by atoms with Crippen LogP contribution in [-0.4, -0.2) is 37.0 Å². The molecule has 2 aliphatic heterocycles. The van der Waals surface area contributed by atoms with Gasteiger partial charge in [0.25, 0.3) is 0 Å². The third-order valence-corrected chi connectivity index (χ3v) is 8.61. The Morgan fingerprint density at radius 2 is 1.86 bits per heavy atom. The number of nitrogens with zero attached hydrogens (tertiary/aromatic N) is 3. The van der Waals surface area contributed by atoms with Crippen molar-refractivity contribution in [1.29, 1.82) is 5.26 Å². The maximum Gasteiger partial charge on any atom is 0.225 e. The number of benzene rings is 2. The second-order valence-electron chi connectivity index (χ2n) is 10.7. The number of likely N-dealkylation sites (tertiary alicyclic amines) is 1. The van der Waals surface area contributed by atoms with Gasteiger partial charge in [-0.15, -0.1) is 0 Å². The first-order chi connectivity index (χ1) is 17.4. The van der Waals surface area contributed by atoms with Crippen LogP contribution in [0.5, 0.6) is 0 Å². The monoisotopic (exact) mass is 524 g/mol. The molecule has 7 heteroatoms. The summed E-state index contributed by atoms with van der Waals surface area (Å²) in [6.45, 7) is 5.12. The summed E-state index contributed by atoms with van der Waals surface area (Å²) < 4.78 is 0. The van der Waals surface area contributed by atoms with E-state index >= 15 is 0 Å². The number of piperidine rings is 1. The maximum atomic E-state index is 13.0. The van der Waals surface area contributed by atoms with Crippen molar-refractivity contribution in [1.82, 2.24) is 4.90 Å². The van der Waals surface area contributed by atoms with Crippen LogP contribution in [0.4, 0.5) is 11.4 Å². The first-order valence-corrected chi connectivity index (χ1v) is 13.9. The topological polar surface area (TPSA) is 59.4 Å². The standard InChI is InChI=1S/C29H34Cl2N4O/c1-19-14-23(30)4-6-25(19)27(15-20-2-3-20)33-28-16-24(5-7-26(28)31)34-12-9-22(10-13-34)29(36)35-11-8-21(17-32)18-35/h4-7,14,16,20-22,27,33H,2-3,8-13,15,18H2,1H3. The van der Waals surface area contributed by atoms with Crippen molar-refractivity contribution >= 4 is 40.5 Å². The number of halogens is 2. The molecular weight excluding hydrogens is 491 g/mol. The fourth-order valence-corrected chi connectivity index (χ4v) is 6.10. The van der Waals surface area contributed by atoms with Crippen molar-refractivity contribution in [2.75, 3.05) is 36.4 Å². The number of anilines is 2. The first kappa shape index (κ1) is 25.2. The lowest BCUT2D eigenvalue weighted by Crippen LogP contribution is -2.42. The van der Waals surface area contributed by atoms with Crippen molar-refractivity contribution in [3.63, 3.8) is 0 Å². The van der Waals surface area contributed by atoms with Crippen LogP contribution in [0.1, 0.15) is 55.7 Å². The lowest BCUT2D eigenvalue weighted by atomic mass is 9.94. The second kappa shape index (κ2) is 10.9. The molecule has 0 spiro atoms. The Balaban J connectivity index is 1.26. The number of rotatable bonds is 7. The van der Waals surface area contributed by atoms with Gasteiger partial charge < -0.3 is 15.1 Å². The van der Waals surface area contributed by atoms with Crippen LogP contribution in [0.25, 0.3) is 0 Å². The number of amides is 1. The van der Waals surface area contributed by atoms with E-state index in [0.717, 1.165) is 72.7 Å². The molecule has 1 amide bonds. The molecule has 190 valence electrons. The SMILES string of the molecule is Cc1cc(Cl)ccc1C(CC1CC1)Nc1cc(N2CCC(C(=O)N3CCC(C#N)C3)CC2)ccc1Cl. The highest BCUT2D eigenvalue weighted by Gasteiger charge is 2.33. The lowest BCUT2D eigenvalue weighted by molar-refractivity contribution is -0.135. The Morgan fingerprint density at radius 1 is 1.08 bits per heavy atom. The number of carbonyl (C=O) groups excluding carboxylic acids is 1.